The molecule has 0 saturated carbocycles. The Morgan fingerprint density at radius 1 is 1.38 bits per heavy atom. The molecule has 1 spiro atoms. The van der Waals surface area contributed by atoms with Crippen LogP contribution in [-0.2, 0) is 14.3 Å². The number of carbonyl (C=O) groups excluding carboxylic acids is 1. The van der Waals surface area contributed by atoms with E-state index in [1.165, 1.54) is 0 Å². The minimum atomic E-state index is -0.984. The van der Waals surface area contributed by atoms with Crippen molar-refractivity contribution in [2.75, 3.05) is 11.4 Å². The molecule has 5 nitrogen and oxygen atoms in total. The fraction of sp³-hybridized carbons (Fsp3) is 0.333. The quantitative estimate of drug-likeness (QED) is 0.845. The lowest BCUT2D eigenvalue weighted by atomic mass is 9.77. The van der Waals surface area contributed by atoms with Crippen LogP contribution in [0.5, 0.6) is 0 Å². The number of ether oxygens (including phenoxy) is 1. The van der Waals surface area contributed by atoms with Crippen molar-refractivity contribution in [2.24, 2.45) is 11.8 Å². The molecule has 6 heteroatoms. The molecule has 4 atom stereocenters. The summed E-state index contributed by atoms with van der Waals surface area (Å²) in [4.78, 5) is 25.7. The lowest BCUT2D eigenvalue weighted by molar-refractivity contribution is -0.146. The number of halogens is 1. The van der Waals surface area contributed by atoms with Crippen LogP contribution in [0.25, 0.3) is 0 Å². The molecular formula is C15H12ClNO4. The average molecular weight is 306 g/mol. The number of amides is 1. The molecule has 2 bridgehead atoms. The molecule has 1 N–H and O–H groups in total. The zero-order valence-corrected chi connectivity index (χ0v) is 11.7. The van der Waals surface area contributed by atoms with E-state index in [9.17, 15) is 14.7 Å². The number of benzene rings is 1. The predicted octanol–water partition coefficient (Wildman–Crippen LogP) is 1.71. The number of hydrogen-bond donors (Lipinski definition) is 1. The van der Waals surface area contributed by atoms with E-state index in [0.29, 0.717) is 17.3 Å². The van der Waals surface area contributed by atoms with Crippen molar-refractivity contribution in [2.45, 2.75) is 11.7 Å². The van der Waals surface area contributed by atoms with Gasteiger partial charge in [0, 0.05) is 10.7 Å². The molecule has 21 heavy (non-hydrogen) atoms. The zero-order valence-electron chi connectivity index (χ0n) is 10.9. The van der Waals surface area contributed by atoms with Gasteiger partial charge in [-0.3, -0.25) is 9.59 Å². The van der Waals surface area contributed by atoms with Gasteiger partial charge in [0.1, 0.15) is 11.5 Å². The second-order valence-corrected chi connectivity index (χ2v) is 6.08. The van der Waals surface area contributed by atoms with Crippen LogP contribution in [0.3, 0.4) is 0 Å². The van der Waals surface area contributed by atoms with Gasteiger partial charge in [-0.2, -0.15) is 0 Å². The lowest BCUT2D eigenvalue weighted by Crippen LogP contribution is -2.39. The summed E-state index contributed by atoms with van der Waals surface area (Å²) in [5, 5.41) is 9.98. The van der Waals surface area contributed by atoms with Crippen molar-refractivity contribution in [1.82, 2.24) is 0 Å². The summed E-state index contributed by atoms with van der Waals surface area (Å²) in [5.41, 5.74) is -0.0949. The van der Waals surface area contributed by atoms with E-state index in [0.717, 1.165) is 0 Å². The van der Waals surface area contributed by atoms with E-state index in [-0.39, 0.29) is 5.91 Å². The number of fused-ring (bicyclic) bond motifs is 1. The summed E-state index contributed by atoms with van der Waals surface area (Å²) in [6.45, 7) is 0.342. The van der Waals surface area contributed by atoms with Crippen LogP contribution in [0.1, 0.15) is 0 Å². The Morgan fingerprint density at radius 3 is 2.76 bits per heavy atom. The van der Waals surface area contributed by atoms with Crippen LogP contribution in [0.15, 0.2) is 36.4 Å². The Hall–Kier alpha value is -1.85. The third-order valence-electron chi connectivity index (χ3n) is 4.52. The van der Waals surface area contributed by atoms with Gasteiger partial charge in [-0.05, 0) is 24.3 Å². The number of anilines is 1. The summed E-state index contributed by atoms with van der Waals surface area (Å²) >= 11 is 5.86. The third kappa shape index (κ3) is 1.61. The Morgan fingerprint density at radius 2 is 2.10 bits per heavy atom. The first-order valence-corrected chi connectivity index (χ1v) is 7.07. The zero-order chi connectivity index (χ0) is 14.8. The molecule has 1 amide bonds. The molecule has 3 aliphatic heterocycles. The summed E-state index contributed by atoms with van der Waals surface area (Å²) in [5.74, 6) is -2.64. The van der Waals surface area contributed by atoms with E-state index in [2.05, 4.69) is 0 Å². The van der Waals surface area contributed by atoms with Crippen LogP contribution in [0.2, 0.25) is 5.02 Å². The van der Waals surface area contributed by atoms with Gasteiger partial charge in [-0.25, -0.2) is 0 Å². The minimum absolute atomic E-state index is 0.198. The Kier molecular flexibility index (Phi) is 2.50. The van der Waals surface area contributed by atoms with Crippen LogP contribution in [0, 0.1) is 11.8 Å². The highest BCUT2D eigenvalue weighted by molar-refractivity contribution is 6.30. The predicted molar refractivity (Wildman–Crippen MR) is 75.2 cm³/mol. The number of hydrogen-bond acceptors (Lipinski definition) is 3. The number of aliphatic carboxylic acids is 1. The lowest BCUT2D eigenvalue weighted by Gasteiger charge is -2.21. The molecule has 1 aromatic rings. The molecule has 1 aromatic carbocycles. The number of carboxylic acid groups (broad SMARTS) is 1. The van der Waals surface area contributed by atoms with Crippen LogP contribution >= 0.6 is 11.6 Å². The van der Waals surface area contributed by atoms with Gasteiger partial charge in [-0.15, -0.1) is 0 Å². The van der Waals surface area contributed by atoms with Gasteiger partial charge < -0.3 is 14.7 Å². The van der Waals surface area contributed by atoms with Crippen molar-refractivity contribution in [3.05, 3.63) is 41.4 Å². The Balaban J connectivity index is 1.73. The van der Waals surface area contributed by atoms with Crippen LogP contribution < -0.4 is 4.90 Å². The van der Waals surface area contributed by atoms with E-state index >= 15 is 0 Å². The molecule has 0 aliphatic carbocycles. The van der Waals surface area contributed by atoms with Gasteiger partial charge >= 0.3 is 5.97 Å². The fourth-order valence-electron chi connectivity index (χ4n) is 3.62. The molecule has 0 aromatic heterocycles. The minimum Gasteiger partial charge on any atom is -0.481 e. The van der Waals surface area contributed by atoms with E-state index < -0.39 is 29.5 Å². The van der Waals surface area contributed by atoms with Gasteiger partial charge in [-0.1, -0.05) is 23.8 Å². The molecular weight excluding hydrogens is 294 g/mol. The van der Waals surface area contributed by atoms with E-state index in [1.54, 1.807) is 35.2 Å². The monoisotopic (exact) mass is 305 g/mol. The van der Waals surface area contributed by atoms with Crippen LogP contribution in [0.4, 0.5) is 5.69 Å². The fourth-order valence-corrected chi connectivity index (χ4v) is 3.75. The second kappa shape index (κ2) is 4.08. The first kappa shape index (κ1) is 12.9. The van der Waals surface area contributed by atoms with Crippen molar-refractivity contribution in [3.8, 4) is 0 Å². The molecule has 4 rings (SSSR count). The highest BCUT2D eigenvalue weighted by atomic mass is 35.5. The largest absolute Gasteiger partial charge is 0.481 e. The van der Waals surface area contributed by atoms with Gasteiger partial charge in [0.15, 0.2) is 0 Å². The summed E-state index contributed by atoms with van der Waals surface area (Å²) < 4.78 is 5.82. The maximum Gasteiger partial charge on any atom is 0.310 e. The number of rotatable bonds is 2. The van der Waals surface area contributed by atoms with Gasteiger partial charge in [0.25, 0.3) is 0 Å². The molecule has 3 aliphatic rings. The molecule has 2 saturated heterocycles. The summed E-state index contributed by atoms with van der Waals surface area (Å²) in [7, 11) is 0. The number of carboxylic acids is 1. The Labute approximate surface area is 125 Å². The van der Waals surface area contributed by atoms with Gasteiger partial charge in [0.05, 0.1) is 18.6 Å². The highest BCUT2D eigenvalue weighted by Crippen LogP contribution is 2.52. The number of nitrogens with zero attached hydrogens (tertiary/aromatic N) is 1. The van der Waals surface area contributed by atoms with Crippen molar-refractivity contribution >= 4 is 29.2 Å². The maximum absolute atomic E-state index is 12.7. The van der Waals surface area contributed by atoms with Crippen molar-refractivity contribution in [3.63, 3.8) is 0 Å². The first-order chi connectivity index (χ1) is 10.0. The second-order valence-electron chi connectivity index (χ2n) is 5.64. The normalized spacial score (nSPS) is 36.3. The molecule has 0 unspecified atom stereocenters. The van der Waals surface area contributed by atoms with E-state index in [1.807, 2.05) is 6.08 Å². The first-order valence-electron chi connectivity index (χ1n) is 6.69. The standard InChI is InChI=1S/C15H12ClNO4/c16-8-1-3-9(4-2-8)17-7-15-6-5-10(21-15)11(14(19)20)12(15)13(17)18/h1-6,10-12H,7H2,(H,19,20)/t10-,11-,12-,15-/m1/s1. The molecule has 0 radical (unpaired) electrons. The van der Waals surface area contributed by atoms with Gasteiger partial charge in [0.2, 0.25) is 5.91 Å². The summed E-state index contributed by atoms with van der Waals surface area (Å²) in [6.07, 6.45) is 3.10. The summed E-state index contributed by atoms with van der Waals surface area (Å²) in [6, 6.07) is 6.92. The average Bonchev–Trinajstić information content (AvgIpc) is 3.08. The number of carbonyl (C=O) groups is 2. The SMILES string of the molecule is O=C(O)[C@@H]1[C@H]2C=C[C@]3(CN(c4ccc(Cl)cc4)C(=O)[C@@H]13)O2. The smallest absolute Gasteiger partial charge is 0.310 e. The van der Waals surface area contributed by atoms with Crippen LogP contribution in [-0.4, -0.2) is 35.2 Å². The third-order valence-corrected chi connectivity index (χ3v) is 4.78. The Bertz CT molecular complexity index is 671. The topological polar surface area (TPSA) is 66.8 Å². The van der Waals surface area contributed by atoms with Crippen molar-refractivity contribution in [1.29, 1.82) is 0 Å². The molecule has 3 heterocycles. The highest BCUT2D eigenvalue weighted by Gasteiger charge is 2.67. The maximum atomic E-state index is 12.7. The van der Waals surface area contributed by atoms with Crippen molar-refractivity contribution < 1.29 is 19.4 Å². The molecule has 108 valence electrons. The molecule has 2 fully saturated rings. The van der Waals surface area contributed by atoms with E-state index in [4.69, 9.17) is 16.3 Å².